The van der Waals surface area contributed by atoms with Gasteiger partial charge in [-0.1, -0.05) is 54.1 Å². The number of hydrogen-bond donors (Lipinski definition) is 1. The molecule has 1 aliphatic rings. The SMILES string of the molecule is Cc1[nH]nc2c1[C@H](c1ccccc1)c1c(ncn3nc(-c4ccccc4Cl)nc13)O2. The van der Waals surface area contributed by atoms with Gasteiger partial charge < -0.3 is 4.74 Å². The lowest BCUT2D eigenvalue weighted by Gasteiger charge is -2.25. The molecule has 30 heavy (non-hydrogen) atoms. The summed E-state index contributed by atoms with van der Waals surface area (Å²) in [6, 6.07) is 17.7. The van der Waals surface area contributed by atoms with Gasteiger partial charge >= 0.3 is 0 Å². The van der Waals surface area contributed by atoms with Crippen LogP contribution < -0.4 is 4.74 Å². The topological polar surface area (TPSA) is 81.0 Å². The largest absolute Gasteiger partial charge is 0.418 e. The molecule has 0 fully saturated rings. The number of aromatic amines is 1. The van der Waals surface area contributed by atoms with Crippen molar-refractivity contribution in [1.29, 1.82) is 0 Å². The normalized spacial score (nSPS) is 14.9. The molecule has 0 bridgehead atoms. The van der Waals surface area contributed by atoms with E-state index < -0.39 is 0 Å². The summed E-state index contributed by atoms with van der Waals surface area (Å²) in [6.45, 7) is 1.99. The number of benzene rings is 2. The van der Waals surface area contributed by atoms with Crippen LogP contribution in [0, 0.1) is 6.92 Å². The summed E-state index contributed by atoms with van der Waals surface area (Å²) < 4.78 is 7.71. The first-order valence-electron chi connectivity index (χ1n) is 9.48. The molecule has 8 heteroatoms. The van der Waals surface area contributed by atoms with Gasteiger partial charge in [0, 0.05) is 16.8 Å². The van der Waals surface area contributed by atoms with Gasteiger partial charge in [0.15, 0.2) is 11.5 Å². The molecule has 1 N–H and O–H groups in total. The first-order valence-corrected chi connectivity index (χ1v) is 9.86. The average molecular weight is 415 g/mol. The third-order valence-electron chi connectivity index (χ3n) is 5.36. The lowest BCUT2D eigenvalue weighted by Crippen LogP contribution is -2.15. The van der Waals surface area contributed by atoms with E-state index in [2.05, 4.69) is 32.4 Å². The molecular formula is C22H15ClN6O. The fraction of sp³-hybridized carbons (Fsp3) is 0.0909. The summed E-state index contributed by atoms with van der Waals surface area (Å²) in [7, 11) is 0. The van der Waals surface area contributed by atoms with Crippen molar-refractivity contribution in [3.05, 3.63) is 88.3 Å². The molecule has 4 heterocycles. The average Bonchev–Trinajstić information content (AvgIpc) is 3.37. The molecule has 5 aromatic rings. The standard InChI is InChI=1S/C22H15ClN6O/c1-12-16-17(13-7-3-2-4-8-13)18-20-25-19(14-9-5-6-10-15(14)23)28-29(20)11-24-21(18)30-22(16)27-26-12/h2-11,17H,1H3,(H,26,27)/t17-/m0/s1. The molecule has 0 saturated carbocycles. The fourth-order valence-corrected chi connectivity index (χ4v) is 4.22. The zero-order valence-electron chi connectivity index (χ0n) is 15.9. The second-order valence-corrected chi connectivity index (χ2v) is 7.57. The van der Waals surface area contributed by atoms with E-state index >= 15 is 0 Å². The van der Waals surface area contributed by atoms with E-state index in [-0.39, 0.29) is 5.92 Å². The van der Waals surface area contributed by atoms with Crippen molar-refractivity contribution in [3.8, 4) is 23.1 Å². The molecule has 0 amide bonds. The number of ether oxygens (including phenoxy) is 1. The van der Waals surface area contributed by atoms with Crippen LogP contribution >= 0.6 is 11.6 Å². The van der Waals surface area contributed by atoms with Crippen LogP contribution in [0.4, 0.5) is 0 Å². The molecule has 0 saturated heterocycles. The van der Waals surface area contributed by atoms with Gasteiger partial charge in [-0.25, -0.2) is 14.5 Å². The van der Waals surface area contributed by atoms with Crippen molar-refractivity contribution in [2.24, 2.45) is 0 Å². The lowest BCUT2D eigenvalue weighted by atomic mass is 9.84. The number of rotatable bonds is 2. The molecule has 7 nitrogen and oxygen atoms in total. The highest BCUT2D eigenvalue weighted by atomic mass is 35.5. The minimum atomic E-state index is -0.136. The van der Waals surface area contributed by atoms with Crippen LogP contribution in [0.2, 0.25) is 5.02 Å². The molecule has 2 aromatic carbocycles. The molecule has 3 aromatic heterocycles. The van der Waals surface area contributed by atoms with Crippen LogP contribution in [0.25, 0.3) is 17.0 Å². The zero-order valence-corrected chi connectivity index (χ0v) is 16.6. The molecule has 0 aliphatic carbocycles. The summed E-state index contributed by atoms with van der Waals surface area (Å²) in [5.41, 5.74) is 5.32. The number of fused-ring (bicyclic) bond motifs is 4. The summed E-state index contributed by atoms with van der Waals surface area (Å²) in [5.74, 6) is 1.42. The number of H-pyrrole nitrogens is 1. The van der Waals surface area contributed by atoms with Crippen molar-refractivity contribution in [2.45, 2.75) is 12.8 Å². The van der Waals surface area contributed by atoms with Crippen LogP contribution in [-0.2, 0) is 0 Å². The number of nitrogens with zero attached hydrogens (tertiary/aromatic N) is 5. The van der Waals surface area contributed by atoms with Gasteiger partial charge in [0.25, 0.3) is 0 Å². The van der Waals surface area contributed by atoms with E-state index in [0.717, 1.165) is 27.9 Å². The van der Waals surface area contributed by atoms with E-state index in [0.29, 0.717) is 28.3 Å². The number of hydrogen-bond acceptors (Lipinski definition) is 5. The van der Waals surface area contributed by atoms with Crippen molar-refractivity contribution in [2.75, 3.05) is 0 Å². The second kappa shape index (κ2) is 6.40. The third kappa shape index (κ3) is 2.45. The van der Waals surface area contributed by atoms with Crippen molar-refractivity contribution < 1.29 is 4.74 Å². The van der Waals surface area contributed by atoms with Crippen molar-refractivity contribution >= 4 is 17.2 Å². The van der Waals surface area contributed by atoms with Gasteiger partial charge in [-0.3, -0.25) is 5.10 Å². The maximum atomic E-state index is 6.39. The van der Waals surface area contributed by atoms with Crippen LogP contribution in [0.3, 0.4) is 0 Å². The smallest absolute Gasteiger partial charge is 0.244 e. The Kier molecular flexibility index (Phi) is 3.66. The first-order chi connectivity index (χ1) is 14.7. The molecule has 6 rings (SSSR count). The third-order valence-corrected chi connectivity index (χ3v) is 5.69. The molecule has 0 spiro atoms. The van der Waals surface area contributed by atoms with Crippen molar-refractivity contribution in [1.82, 2.24) is 29.8 Å². The summed E-state index contributed by atoms with van der Waals surface area (Å²) in [6.07, 6.45) is 1.61. The maximum Gasteiger partial charge on any atom is 0.244 e. The molecule has 0 unspecified atom stereocenters. The Morgan fingerprint density at radius 2 is 1.80 bits per heavy atom. The van der Waals surface area contributed by atoms with Gasteiger partial charge in [0.2, 0.25) is 11.8 Å². The minimum Gasteiger partial charge on any atom is -0.418 e. The van der Waals surface area contributed by atoms with Crippen molar-refractivity contribution in [3.63, 3.8) is 0 Å². The van der Waals surface area contributed by atoms with E-state index in [1.54, 1.807) is 10.8 Å². The lowest BCUT2D eigenvalue weighted by molar-refractivity contribution is 0.416. The maximum absolute atomic E-state index is 6.39. The molecule has 0 radical (unpaired) electrons. The Morgan fingerprint density at radius 3 is 2.63 bits per heavy atom. The highest BCUT2D eigenvalue weighted by Crippen LogP contribution is 2.48. The Balaban J connectivity index is 1.64. The van der Waals surface area contributed by atoms with Gasteiger partial charge in [0.1, 0.15) is 6.33 Å². The molecular weight excluding hydrogens is 400 g/mol. The Bertz CT molecular complexity index is 1410. The number of halogens is 1. The Morgan fingerprint density at radius 1 is 1.00 bits per heavy atom. The first kappa shape index (κ1) is 17.2. The number of nitrogens with one attached hydrogen (secondary N) is 1. The minimum absolute atomic E-state index is 0.136. The van der Waals surface area contributed by atoms with E-state index in [1.807, 2.05) is 49.4 Å². The van der Waals surface area contributed by atoms with E-state index in [1.165, 1.54) is 0 Å². The summed E-state index contributed by atoms with van der Waals surface area (Å²) >= 11 is 6.39. The highest BCUT2D eigenvalue weighted by molar-refractivity contribution is 6.33. The molecule has 1 atom stereocenters. The van der Waals surface area contributed by atoms with Gasteiger partial charge in [-0.05, 0) is 24.6 Å². The fourth-order valence-electron chi connectivity index (χ4n) is 4.00. The number of aromatic nitrogens is 6. The van der Waals surface area contributed by atoms with Crippen LogP contribution in [-0.4, -0.2) is 29.8 Å². The van der Waals surface area contributed by atoms with Crippen LogP contribution in [0.5, 0.6) is 11.8 Å². The monoisotopic (exact) mass is 414 g/mol. The Hall–Kier alpha value is -3.71. The predicted molar refractivity (Wildman–Crippen MR) is 112 cm³/mol. The molecule has 1 aliphatic heterocycles. The predicted octanol–water partition coefficient (Wildman–Crippen LogP) is 4.76. The zero-order chi connectivity index (χ0) is 20.2. The van der Waals surface area contributed by atoms with Gasteiger partial charge in [-0.15, -0.1) is 10.2 Å². The highest BCUT2D eigenvalue weighted by Gasteiger charge is 2.36. The van der Waals surface area contributed by atoms with Crippen LogP contribution in [0.15, 0.2) is 60.9 Å². The van der Waals surface area contributed by atoms with Gasteiger partial charge in [-0.2, -0.15) is 0 Å². The molecule has 146 valence electrons. The quantitative estimate of drug-likeness (QED) is 0.441. The van der Waals surface area contributed by atoms with E-state index in [9.17, 15) is 0 Å². The summed E-state index contributed by atoms with van der Waals surface area (Å²) in [5, 5.41) is 12.6. The summed E-state index contributed by atoms with van der Waals surface area (Å²) in [4.78, 5) is 9.35. The second-order valence-electron chi connectivity index (χ2n) is 7.16. The number of aryl methyl sites for hydroxylation is 1. The van der Waals surface area contributed by atoms with Crippen LogP contribution in [0.1, 0.15) is 28.3 Å². The Labute approximate surface area is 176 Å². The van der Waals surface area contributed by atoms with E-state index in [4.69, 9.17) is 21.3 Å². The van der Waals surface area contributed by atoms with Gasteiger partial charge in [0.05, 0.1) is 16.5 Å².